The van der Waals surface area contributed by atoms with Gasteiger partial charge in [0.05, 0.1) is 15.5 Å². The number of nitrogens with zero attached hydrogens (tertiary/aromatic N) is 1. The predicted octanol–water partition coefficient (Wildman–Crippen LogP) is 1.72. The van der Waals surface area contributed by atoms with E-state index in [1.807, 2.05) is 6.79 Å². The third-order valence-electron chi connectivity index (χ3n) is 0.402. The number of hydrogen-bond donors (Lipinski definition) is 0. The number of carbonyl (C=O) groups excluding carboxylic acids is 1. The molecular weight excluding hydrogens is 190 g/mol. The van der Waals surface area contributed by atoms with E-state index in [2.05, 4.69) is 20.9 Å². The van der Waals surface area contributed by atoms with E-state index in [1.54, 1.807) is 23.0 Å². The van der Waals surface area contributed by atoms with E-state index in [0.717, 1.165) is 3.79 Å². The van der Waals surface area contributed by atoms with Crippen LogP contribution in [0.2, 0.25) is 0 Å². The van der Waals surface area contributed by atoms with Crippen LogP contribution in [-0.4, -0.2) is 11.8 Å². The summed E-state index contributed by atoms with van der Waals surface area (Å²) in [5, 5.41) is 0. The normalized spacial score (nSPS) is 7.12. The van der Waals surface area contributed by atoms with Crippen molar-refractivity contribution >= 4 is 34.1 Å². The smallest absolute Gasteiger partial charge is 0.106 e. The van der Waals surface area contributed by atoms with Gasteiger partial charge in [-0.15, -0.1) is 11.3 Å². The highest BCUT2D eigenvalue weighted by atomic mass is 79.9. The van der Waals surface area contributed by atoms with Crippen LogP contribution in [0.3, 0.4) is 0 Å². The molecule has 0 saturated heterocycles. The van der Waals surface area contributed by atoms with Crippen LogP contribution in [0.1, 0.15) is 0 Å². The maximum absolute atomic E-state index is 8.00. The molecule has 0 aliphatic carbocycles. The van der Waals surface area contributed by atoms with Gasteiger partial charge < -0.3 is 4.79 Å². The molecule has 1 heterocycles. The Morgan fingerprint density at radius 3 is 2.50 bits per heavy atom. The average molecular weight is 194 g/mol. The molecule has 0 atom stereocenters. The molecule has 0 bridgehead atoms. The quantitative estimate of drug-likeness (QED) is 0.629. The molecular formula is C4H4BrNOS. The Morgan fingerprint density at radius 1 is 1.75 bits per heavy atom. The molecule has 0 saturated carbocycles. The summed E-state index contributed by atoms with van der Waals surface area (Å²) in [4.78, 5) is 11.8. The second-order valence-electron chi connectivity index (χ2n) is 0.806. The van der Waals surface area contributed by atoms with Gasteiger partial charge in [-0.05, 0) is 15.9 Å². The molecule has 8 heavy (non-hydrogen) atoms. The van der Waals surface area contributed by atoms with Crippen LogP contribution in [0.25, 0.3) is 0 Å². The van der Waals surface area contributed by atoms with Crippen LogP contribution in [-0.2, 0) is 4.79 Å². The Balaban J connectivity index is 0.000000222. The second kappa shape index (κ2) is 4.93. The highest BCUT2D eigenvalue weighted by Crippen LogP contribution is 2.12. The largest absolute Gasteiger partial charge is 0.307 e. The van der Waals surface area contributed by atoms with E-state index >= 15 is 0 Å². The molecule has 44 valence electrons. The third kappa shape index (κ3) is 2.87. The minimum atomic E-state index is 1.09. The number of halogens is 1. The Kier molecular flexibility index (Phi) is 4.79. The lowest BCUT2D eigenvalue weighted by Gasteiger charge is -1.60. The molecule has 1 aromatic rings. The van der Waals surface area contributed by atoms with Crippen LogP contribution < -0.4 is 0 Å². The number of rotatable bonds is 0. The van der Waals surface area contributed by atoms with E-state index in [4.69, 9.17) is 4.79 Å². The van der Waals surface area contributed by atoms with Crippen LogP contribution in [0.15, 0.2) is 15.5 Å². The Morgan fingerprint density at radius 2 is 2.38 bits per heavy atom. The molecule has 1 aromatic heterocycles. The predicted molar refractivity (Wildman–Crippen MR) is 36.9 cm³/mol. The van der Waals surface area contributed by atoms with Gasteiger partial charge in [0.1, 0.15) is 6.79 Å². The van der Waals surface area contributed by atoms with Crippen molar-refractivity contribution < 1.29 is 4.79 Å². The Bertz CT molecular complexity index is 131. The van der Waals surface area contributed by atoms with E-state index in [1.165, 1.54) is 0 Å². The summed E-state index contributed by atoms with van der Waals surface area (Å²) in [5.74, 6) is 0. The highest BCUT2D eigenvalue weighted by Gasteiger charge is 1.78. The first-order chi connectivity index (χ1) is 3.89. The van der Waals surface area contributed by atoms with Crippen LogP contribution >= 0.6 is 27.3 Å². The summed E-state index contributed by atoms with van der Waals surface area (Å²) >= 11 is 4.82. The lowest BCUT2D eigenvalue weighted by Crippen LogP contribution is -1.41. The summed E-state index contributed by atoms with van der Waals surface area (Å²) in [6.45, 7) is 2.00. The van der Waals surface area contributed by atoms with Crippen molar-refractivity contribution in [3.8, 4) is 0 Å². The topological polar surface area (TPSA) is 30.0 Å². The summed E-state index contributed by atoms with van der Waals surface area (Å²) in [5.41, 5.74) is 1.78. The van der Waals surface area contributed by atoms with Crippen molar-refractivity contribution in [2.75, 3.05) is 0 Å². The van der Waals surface area contributed by atoms with Crippen molar-refractivity contribution in [3.05, 3.63) is 15.5 Å². The van der Waals surface area contributed by atoms with Gasteiger partial charge in [-0.2, -0.15) is 0 Å². The van der Waals surface area contributed by atoms with E-state index in [-0.39, 0.29) is 0 Å². The van der Waals surface area contributed by atoms with E-state index in [0.29, 0.717) is 0 Å². The van der Waals surface area contributed by atoms with Crippen LogP contribution in [0.5, 0.6) is 0 Å². The zero-order chi connectivity index (χ0) is 6.41. The fraction of sp³-hybridized carbons (Fsp3) is 0. The minimum absolute atomic E-state index is 1.09. The number of carbonyl (C=O) groups is 1. The lowest BCUT2D eigenvalue weighted by atomic mass is 11.0. The van der Waals surface area contributed by atoms with Gasteiger partial charge in [0, 0.05) is 0 Å². The van der Waals surface area contributed by atoms with Gasteiger partial charge in [-0.25, -0.2) is 0 Å². The zero-order valence-corrected chi connectivity index (χ0v) is 6.41. The number of aromatic nitrogens is 1. The van der Waals surface area contributed by atoms with E-state index in [9.17, 15) is 0 Å². The molecule has 0 N–H and O–H groups in total. The number of thiazole rings is 1. The standard InChI is InChI=1S/C3H2BrNS.CH2O/c4-3-1-5-2-6-3;1-2/h1-2H;1H2. The van der Waals surface area contributed by atoms with Gasteiger partial charge in [0.15, 0.2) is 0 Å². The molecule has 0 radical (unpaired) electrons. The first-order valence-electron chi connectivity index (χ1n) is 1.72. The monoisotopic (exact) mass is 193 g/mol. The van der Waals surface area contributed by atoms with Gasteiger partial charge in [0.2, 0.25) is 0 Å². The molecule has 0 spiro atoms. The van der Waals surface area contributed by atoms with Gasteiger partial charge >= 0.3 is 0 Å². The fourth-order valence-electron chi connectivity index (χ4n) is 0.200. The lowest BCUT2D eigenvalue weighted by molar-refractivity contribution is -0.0979. The first kappa shape index (κ1) is 7.78. The van der Waals surface area contributed by atoms with Crippen molar-refractivity contribution in [2.24, 2.45) is 0 Å². The molecule has 4 heteroatoms. The molecule has 0 amide bonds. The Labute approximate surface area is 59.7 Å². The van der Waals surface area contributed by atoms with Gasteiger partial charge in [-0.1, -0.05) is 0 Å². The van der Waals surface area contributed by atoms with Crippen LogP contribution in [0, 0.1) is 0 Å². The maximum Gasteiger partial charge on any atom is 0.106 e. The molecule has 1 rings (SSSR count). The number of hydrogen-bond acceptors (Lipinski definition) is 3. The second-order valence-corrected chi connectivity index (χ2v) is 3.07. The summed E-state index contributed by atoms with van der Waals surface area (Å²) < 4.78 is 1.09. The van der Waals surface area contributed by atoms with Crippen molar-refractivity contribution in [3.63, 3.8) is 0 Å². The van der Waals surface area contributed by atoms with Gasteiger partial charge in [-0.3, -0.25) is 4.98 Å². The molecule has 2 nitrogen and oxygen atoms in total. The van der Waals surface area contributed by atoms with Crippen LogP contribution in [0.4, 0.5) is 0 Å². The fourth-order valence-corrected chi connectivity index (χ4v) is 0.913. The van der Waals surface area contributed by atoms with Gasteiger partial charge in [0.25, 0.3) is 0 Å². The molecule has 0 aromatic carbocycles. The molecule has 0 aliphatic heterocycles. The van der Waals surface area contributed by atoms with Crippen molar-refractivity contribution in [2.45, 2.75) is 0 Å². The Hall–Kier alpha value is -0.220. The average Bonchev–Trinajstić information content (AvgIpc) is 2.24. The summed E-state index contributed by atoms with van der Waals surface area (Å²) in [6, 6.07) is 0. The minimum Gasteiger partial charge on any atom is -0.307 e. The van der Waals surface area contributed by atoms with Crippen molar-refractivity contribution in [1.82, 2.24) is 4.98 Å². The van der Waals surface area contributed by atoms with E-state index < -0.39 is 0 Å². The highest BCUT2D eigenvalue weighted by molar-refractivity contribution is 9.11. The SMILES string of the molecule is Brc1cncs1.C=O. The molecule has 0 aliphatic rings. The molecule has 0 fully saturated rings. The third-order valence-corrected chi connectivity index (χ3v) is 1.73. The van der Waals surface area contributed by atoms with Crippen molar-refractivity contribution in [1.29, 1.82) is 0 Å². The summed E-state index contributed by atoms with van der Waals surface area (Å²) in [7, 11) is 0. The first-order valence-corrected chi connectivity index (χ1v) is 3.40. The maximum atomic E-state index is 8.00. The summed E-state index contributed by atoms with van der Waals surface area (Å²) in [6.07, 6.45) is 1.77. The zero-order valence-electron chi connectivity index (χ0n) is 4.00. The molecule has 0 unspecified atom stereocenters.